The maximum atomic E-state index is 13.8. The molecule has 3 heterocycles. The van der Waals surface area contributed by atoms with Crippen LogP contribution in [-0.2, 0) is 11.3 Å². The predicted molar refractivity (Wildman–Crippen MR) is 91.3 cm³/mol. The van der Waals surface area contributed by atoms with Gasteiger partial charge in [-0.25, -0.2) is 9.37 Å². The van der Waals surface area contributed by atoms with Gasteiger partial charge in [0, 0.05) is 13.2 Å². The number of ether oxygens (including phenoxy) is 1. The minimum absolute atomic E-state index is 0.164. The van der Waals surface area contributed by atoms with E-state index < -0.39 is 5.82 Å². The highest BCUT2D eigenvalue weighted by molar-refractivity contribution is 5.83. The summed E-state index contributed by atoms with van der Waals surface area (Å²) in [6, 6.07) is 4.14. The molecule has 1 aromatic carbocycles. The quantitative estimate of drug-likeness (QED) is 0.558. The molecule has 0 spiro atoms. The third-order valence-corrected chi connectivity index (χ3v) is 4.11. The van der Waals surface area contributed by atoms with E-state index in [1.165, 1.54) is 30.1 Å². The van der Waals surface area contributed by atoms with Crippen LogP contribution in [0.15, 0.2) is 33.8 Å². The maximum absolute atomic E-state index is 13.8. The van der Waals surface area contributed by atoms with E-state index in [0.29, 0.717) is 22.2 Å². The van der Waals surface area contributed by atoms with Crippen LogP contribution in [0.3, 0.4) is 0 Å². The monoisotopic (exact) mass is 357 g/mol. The molecule has 0 atom stereocenters. The second kappa shape index (κ2) is 6.03. The van der Waals surface area contributed by atoms with E-state index in [1.807, 2.05) is 13.8 Å². The third kappa shape index (κ3) is 2.39. The van der Waals surface area contributed by atoms with Crippen molar-refractivity contribution in [1.82, 2.24) is 24.1 Å². The van der Waals surface area contributed by atoms with Crippen molar-refractivity contribution in [2.75, 3.05) is 7.11 Å². The first-order valence-electron chi connectivity index (χ1n) is 8.04. The van der Waals surface area contributed by atoms with Crippen molar-refractivity contribution < 1.29 is 13.7 Å². The lowest BCUT2D eigenvalue weighted by Gasteiger charge is -2.15. The van der Waals surface area contributed by atoms with Crippen LogP contribution in [0.4, 0.5) is 4.39 Å². The van der Waals surface area contributed by atoms with E-state index in [4.69, 9.17) is 9.26 Å². The summed E-state index contributed by atoms with van der Waals surface area (Å²) in [5.41, 5.74) is 1.47. The molecular weight excluding hydrogens is 341 g/mol. The number of nitrogens with zero attached hydrogens (tertiary/aromatic N) is 5. The lowest BCUT2D eigenvalue weighted by atomic mass is 10.2. The van der Waals surface area contributed by atoms with Gasteiger partial charge in [0.1, 0.15) is 30.0 Å². The Morgan fingerprint density at radius 3 is 2.85 bits per heavy atom. The highest BCUT2D eigenvalue weighted by atomic mass is 19.1. The van der Waals surface area contributed by atoms with Crippen LogP contribution in [-0.4, -0.2) is 31.2 Å². The molecule has 0 aliphatic carbocycles. The van der Waals surface area contributed by atoms with Crippen molar-refractivity contribution in [3.8, 4) is 11.5 Å². The van der Waals surface area contributed by atoms with Crippen molar-refractivity contribution >= 4 is 16.6 Å². The van der Waals surface area contributed by atoms with Crippen LogP contribution in [0.1, 0.15) is 25.8 Å². The van der Waals surface area contributed by atoms with Gasteiger partial charge in [-0.2, -0.15) is 4.98 Å². The summed E-state index contributed by atoms with van der Waals surface area (Å²) in [5, 5.41) is 3.89. The average Bonchev–Trinajstić information content (AvgIpc) is 3.21. The van der Waals surface area contributed by atoms with Gasteiger partial charge in [-0.3, -0.25) is 9.20 Å². The number of rotatable bonds is 4. The summed E-state index contributed by atoms with van der Waals surface area (Å²) in [4.78, 5) is 21.7. The van der Waals surface area contributed by atoms with E-state index in [1.54, 1.807) is 10.5 Å². The summed E-state index contributed by atoms with van der Waals surface area (Å²) < 4.78 is 27.0. The minimum Gasteiger partial charge on any atom is -0.375 e. The number of hydrogen-bond donors (Lipinski definition) is 0. The topological polar surface area (TPSA) is 87.5 Å². The number of benzene rings is 1. The molecule has 134 valence electrons. The van der Waals surface area contributed by atoms with Gasteiger partial charge in [0.05, 0.1) is 11.0 Å². The van der Waals surface area contributed by atoms with E-state index in [2.05, 4.69) is 15.1 Å². The molecular formula is C17H16FN5O3. The van der Waals surface area contributed by atoms with Crippen molar-refractivity contribution in [3.63, 3.8) is 0 Å². The van der Waals surface area contributed by atoms with Gasteiger partial charge in [-0.15, -0.1) is 0 Å². The van der Waals surface area contributed by atoms with Crippen LogP contribution in [0.25, 0.3) is 28.1 Å². The normalized spacial score (nSPS) is 11.9. The van der Waals surface area contributed by atoms with Gasteiger partial charge in [0.2, 0.25) is 5.82 Å². The Balaban J connectivity index is 2.07. The van der Waals surface area contributed by atoms with Crippen molar-refractivity contribution in [1.29, 1.82) is 0 Å². The first-order valence-corrected chi connectivity index (χ1v) is 8.04. The lowest BCUT2D eigenvalue weighted by molar-refractivity contribution is 0.151. The summed E-state index contributed by atoms with van der Waals surface area (Å²) in [6.07, 6.45) is 1.50. The molecule has 0 amide bonds. The molecule has 0 aliphatic heterocycles. The molecule has 3 aromatic heterocycles. The molecule has 4 aromatic rings. The minimum atomic E-state index is -0.409. The molecule has 0 radical (unpaired) electrons. The zero-order valence-corrected chi connectivity index (χ0v) is 14.4. The molecule has 8 nitrogen and oxygen atoms in total. The van der Waals surface area contributed by atoms with Crippen LogP contribution in [0.2, 0.25) is 0 Å². The third-order valence-electron chi connectivity index (χ3n) is 4.11. The smallest absolute Gasteiger partial charge is 0.278 e. The van der Waals surface area contributed by atoms with Gasteiger partial charge >= 0.3 is 0 Å². The van der Waals surface area contributed by atoms with Gasteiger partial charge in [0.25, 0.3) is 11.4 Å². The fourth-order valence-corrected chi connectivity index (χ4v) is 3.06. The number of hydrogen-bond acceptors (Lipinski definition) is 6. The van der Waals surface area contributed by atoms with Crippen LogP contribution < -0.4 is 5.56 Å². The molecule has 0 fully saturated rings. The molecule has 0 N–H and O–H groups in total. The summed E-state index contributed by atoms with van der Waals surface area (Å²) >= 11 is 0. The molecule has 0 saturated heterocycles. The molecule has 0 bridgehead atoms. The fourth-order valence-electron chi connectivity index (χ4n) is 3.06. The zero-order chi connectivity index (χ0) is 18.4. The Kier molecular flexibility index (Phi) is 3.80. The largest absolute Gasteiger partial charge is 0.375 e. The van der Waals surface area contributed by atoms with E-state index in [0.717, 1.165) is 0 Å². The Bertz CT molecular complexity index is 1170. The standard InChI is InChI=1S/C17H16FN5O3/c1-9(2)23-12-6-10(18)4-5-11(12)22-8-19-14(15(22)17(23)24)16-20-13(7-25-3)26-21-16/h4-6,8-9H,7H2,1-3H3. The molecule has 4 rings (SSSR count). The number of methoxy groups -OCH3 is 1. The molecule has 9 heteroatoms. The Morgan fingerprint density at radius 1 is 1.31 bits per heavy atom. The van der Waals surface area contributed by atoms with Gasteiger partial charge < -0.3 is 13.8 Å². The summed E-state index contributed by atoms with van der Waals surface area (Å²) in [7, 11) is 1.52. The molecule has 0 aliphatic rings. The first kappa shape index (κ1) is 16.4. The average molecular weight is 357 g/mol. The zero-order valence-electron chi connectivity index (χ0n) is 14.4. The summed E-state index contributed by atoms with van der Waals surface area (Å²) in [6.45, 7) is 3.89. The molecule has 0 saturated carbocycles. The van der Waals surface area contributed by atoms with E-state index >= 15 is 0 Å². The second-order valence-electron chi connectivity index (χ2n) is 6.16. The summed E-state index contributed by atoms with van der Waals surface area (Å²) in [5.74, 6) is 0.0810. The van der Waals surface area contributed by atoms with E-state index in [9.17, 15) is 9.18 Å². The molecule has 0 unspecified atom stereocenters. The predicted octanol–water partition coefficient (Wildman–Crippen LogP) is 2.57. The van der Waals surface area contributed by atoms with E-state index in [-0.39, 0.29) is 29.9 Å². The Hall–Kier alpha value is -3.07. The Labute approximate surface area is 146 Å². The SMILES string of the molecule is COCc1nc(-c2ncn3c2c(=O)n(C(C)C)c2cc(F)ccc23)no1. The number of imidazole rings is 1. The lowest BCUT2D eigenvalue weighted by Crippen LogP contribution is -2.24. The molecule has 26 heavy (non-hydrogen) atoms. The Morgan fingerprint density at radius 2 is 2.12 bits per heavy atom. The van der Waals surface area contributed by atoms with Crippen molar-refractivity contribution in [2.24, 2.45) is 0 Å². The number of fused-ring (bicyclic) bond motifs is 3. The number of aromatic nitrogens is 5. The van der Waals surface area contributed by atoms with Gasteiger partial charge in [0.15, 0.2) is 0 Å². The fraction of sp³-hybridized carbons (Fsp3) is 0.294. The second-order valence-corrected chi connectivity index (χ2v) is 6.16. The van der Waals surface area contributed by atoms with Crippen molar-refractivity contribution in [2.45, 2.75) is 26.5 Å². The van der Waals surface area contributed by atoms with Crippen LogP contribution >= 0.6 is 0 Å². The highest BCUT2D eigenvalue weighted by Gasteiger charge is 2.21. The highest BCUT2D eigenvalue weighted by Crippen LogP contribution is 2.24. The first-order chi connectivity index (χ1) is 12.5. The van der Waals surface area contributed by atoms with Crippen molar-refractivity contribution in [3.05, 3.63) is 46.6 Å². The number of halogens is 1. The van der Waals surface area contributed by atoms with Gasteiger partial charge in [-0.1, -0.05) is 5.16 Å². The van der Waals surface area contributed by atoms with Crippen LogP contribution in [0, 0.1) is 5.82 Å². The van der Waals surface area contributed by atoms with Crippen LogP contribution in [0.5, 0.6) is 0 Å². The van der Waals surface area contributed by atoms with Gasteiger partial charge in [-0.05, 0) is 32.0 Å². The maximum Gasteiger partial charge on any atom is 0.278 e.